The molecule has 62 valence electrons. The van der Waals surface area contributed by atoms with Crippen LogP contribution in [-0.2, 0) is 6.42 Å². The van der Waals surface area contributed by atoms with Crippen molar-refractivity contribution in [3.05, 3.63) is 5.82 Å². The van der Waals surface area contributed by atoms with Crippen LogP contribution in [0.5, 0.6) is 0 Å². The predicted octanol–water partition coefficient (Wildman–Crippen LogP) is 1.92. The van der Waals surface area contributed by atoms with E-state index in [1.807, 2.05) is 0 Å². The fourth-order valence-electron chi connectivity index (χ4n) is 0.703. The van der Waals surface area contributed by atoms with Gasteiger partial charge < -0.3 is 5.32 Å². The van der Waals surface area contributed by atoms with Gasteiger partial charge in [0.15, 0.2) is 0 Å². The number of hydrogen-bond donors (Lipinski definition) is 1. The lowest BCUT2D eigenvalue weighted by molar-refractivity contribution is 0.890. The van der Waals surface area contributed by atoms with Crippen LogP contribution in [0.15, 0.2) is 0 Å². The summed E-state index contributed by atoms with van der Waals surface area (Å²) >= 11 is 1.43. The Kier molecular flexibility index (Phi) is 2.82. The van der Waals surface area contributed by atoms with E-state index >= 15 is 0 Å². The first-order valence-electron chi connectivity index (χ1n) is 3.81. The number of anilines is 1. The van der Waals surface area contributed by atoms with Crippen molar-refractivity contribution in [1.82, 2.24) is 9.36 Å². The molecule has 0 unspecified atom stereocenters. The fourth-order valence-corrected chi connectivity index (χ4v) is 1.50. The van der Waals surface area contributed by atoms with Gasteiger partial charge in [-0.15, -0.1) is 0 Å². The summed E-state index contributed by atoms with van der Waals surface area (Å²) < 4.78 is 4.16. The Labute approximate surface area is 71.0 Å². The van der Waals surface area contributed by atoms with E-state index in [1.165, 1.54) is 11.5 Å². The summed E-state index contributed by atoms with van der Waals surface area (Å²) in [4.78, 5) is 4.27. The fraction of sp³-hybridized carbons (Fsp3) is 0.714. The summed E-state index contributed by atoms with van der Waals surface area (Å²) in [7, 11) is 0. The molecular weight excluding hydrogens is 158 g/mol. The van der Waals surface area contributed by atoms with Gasteiger partial charge in [0.25, 0.3) is 0 Å². The molecule has 0 fully saturated rings. The van der Waals surface area contributed by atoms with Crippen LogP contribution in [0.2, 0.25) is 0 Å². The quantitative estimate of drug-likeness (QED) is 0.755. The first kappa shape index (κ1) is 8.46. The number of hydrogen-bond acceptors (Lipinski definition) is 4. The number of aryl methyl sites for hydroxylation is 1. The second kappa shape index (κ2) is 3.67. The van der Waals surface area contributed by atoms with Crippen LogP contribution in [0.3, 0.4) is 0 Å². The Morgan fingerprint density at radius 2 is 2.27 bits per heavy atom. The molecule has 1 rings (SSSR count). The molecule has 1 aromatic rings. The summed E-state index contributed by atoms with van der Waals surface area (Å²) in [5.74, 6) is 0.929. The molecule has 0 spiro atoms. The molecule has 0 aliphatic heterocycles. The lowest BCUT2D eigenvalue weighted by Gasteiger charge is -2.03. The van der Waals surface area contributed by atoms with Crippen molar-refractivity contribution in [1.29, 1.82) is 0 Å². The SMILES string of the molecule is CCc1nsc(NC(C)C)n1. The van der Waals surface area contributed by atoms with Gasteiger partial charge in [0.2, 0.25) is 5.13 Å². The van der Waals surface area contributed by atoms with Gasteiger partial charge in [-0.1, -0.05) is 6.92 Å². The molecule has 0 radical (unpaired) electrons. The molecule has 0 aromatic carbocycles. The van der Waals surface area contributed by atoms with Crippen molar-refractivity contribution in [2.75, 3.05) is 5.32 Å². The largest absolute Gasteiger partial charge is 0.358 e. The highest BCUT2D eigenvalue weighted by molar-refractivity contribution is 7.09. The molecular formula is C7H13N3S. The highest BCUT2D eigenvalue weighted by Gasteiger charge is 2.01. The van der Waals surface area contributed by atoms with Gasteiger partial charge in [-0.2, -0.15) is 4.37 Å². The monoisotopic (exact) mass is 171 g/mol. The molecule has 0 amide bonds. The van der Waals surface area contributed by atoms with Gasteiger partial charge in [0, 0.05) is 24.0 Å². The number of rotatable bonds is 3. The molecule has 0 saturated heterocycles. The van der Waals surface area contributed by atoms with Gasteiger partial charge in [-0.05, 0) is 13.8 Å². The highest BCUT2D eigenvalue weighted by atomic mass is 32.1. The van der Waals surface area contributed by atoms with Gasteiger partial charge in [0.1, 0.15) is 5.82 Å². The third-order valence-electron chi connectivity index (χ3n) is 1.20. The second-order valence-corrected chi connectivity index (χ2v) is 3.42. The van der Waals surface area contributed by atoms with Crippen molar-refractivity contribution in [3.8, 4) is 0 Å². The third-order valence-corrected chi connectivity index (χ3v) is 1.88. The Balaban J connectivity index is 2.58. The zero-order chi connectivity index (χ0) is 8.27. The van der Waals surface area contributed by atoms with E-state index in [1.54, 1.807) is 0 Å². The van der Waals surface area contributed by atoms with Crippen molar-refractivity contribution < 1.29 is 0 Å². The zero-order valence-corrected chi connectivity index (χ0v) is 7.90. The van der Waals surface area contributed by atoms with Gasteiger partial charge in [-0.3, -0.25) is 0 Å². The normalized spacial score (nSPS) is 10.5. The van der Waals surface area contributed by atoms with Crippen LogP contribution in [0.1, 0.15) is 26.6 Å². The maximum absolute atomic E-state index is 4.27. The van der Waals surface area contributed by atoms with E-state index in [0.29, 0.717) is 6.04 Å². The average Bonchev–Trinajstić information content (AvgIpc) is 2.34. The van der Waals surface area contributed by atoms with E-state index in [2.05, 4.69) is 35.4 Å². The Morgan fingerprint density at radius 1 is 1.55 bits per heavy atom. The molecule has 0 aliphatic rings. The molecule has 1 heterocycles. The zero-order valence-electron chi connectivity index (χ0n) is 7.09. The topological polar surface area (TPSA) is 37.8 Å². The molecule has 0 atom stereocenters. The molecule has 11 heavy (non-hydrogen) atoms. The second-order valence-electron chi connectivity index (χ2n) is 2.67. The molecule has 4 heteroatoms. The number of aromatic nitrogens is 2. The predicted molar refractivity (Wildman–Crippen MR) is 48.0 cm³/mol. The number of nitrogens with zero attached hydrogens (tertiary/aromatic N) is 2. The first-order chi connectivity index (χ1) is 5.22. The minimum absolute atomic E-state index is 0.438. The van der Waals surface area contributed by atoms with E-state index in [-0.39, 0.29) is 0 Å². The van der Waals surface area contributed by atoms with Crippen LogP contribution in [-0.4, -0.2) is 15.4 Å². The van der Waals surface area contributed by atoms with Crippen LogP contribution in [0, 0.1) is 0 Å². The van der Waals surface area contributed by atoms with Gasteiger partial charge in [0.05, 0.1) is 0 Å². The van der Waals surface area contributed by atoms with E-state index in [0.717, 1.165) is 17.4 Å². The summed E-state index contributed by atoms with van der Waals surface area (Å²) in [6, 6.07) is 0.438. The molecule has 0 aliphatic carbocycles. The highest BCUT2D eigenvalue weighted by Crippen LogP contribution is 2.11. The van der Waals surface area contributed by atoms with Gasteiger partial charge >= 0.3 is 0 Å². The smallest absolute Gasteiger partial charge is 0.202 e. The average molecular weight is 171 g/mol. The summed E-state index contributed by atoms with van der Waals surface area (Å²) in [6.07, 6.45) is 0.913. The lowest BCUT2D eigenvalue weighted by Crippen LogP contribution is -2.09. The Hall–Kier alpha value is -0.640. The molecule has 1 N–H and O–H groups in total. The Morgan fingerprint density at radius 3 is 2.73 bits per heavy atom. The third kappa shape index (κ3) is 2.46. The minimum Gasteiger partial charge on any atom is -0.358 e. The van der Waals surface area contributed by atoms with Crippen molar-refractivity contribution in [3.63, 3.8) is 0 Å². The lowest BCUT2D eigenvalue weighted by atomic mass is 10.4. The summed E-state index contributed by atoms with van der Waals surface area (Å²) in [5.41, 5.74) is 0. The molecule has 3 nitrogen and oxygen atoms in total. The Bertz CT molecular complexity index is 219. The standard InChI is InChI=1S/C7H13N3S/c1-4-6-9-7(11-10-6)8-5(2)3/h5H,4H2,1-3H3,(H,8,9,10). The molecule has 1 aromatic heterocycles. The van der Waals surface area contributed by atoms with Crippen molar-refractivity contribution in [2.45, 2.75) is 33.2 Å². The van der Waals surface area contributed by atoms with E-state index in [4.69, 9.17) is 0 Å². The van der Waals surface area contributed by atoms with Crippen molar-refractivity contribution >= 4 is 16.7 Å². The maximum Gasteiger partial charge on any atom is 0.202 e. The summed E-state index contributed by atoms with van der Waals surface area (Å²) in [5, 5.41) is 4.13. The minimum atomic E-state index is 0.438. The van der Waals surface area contributed by atoms with E-state index in [9.17, 15) is 0 Å². The van der Waals surface area contributed by atoms with Gasteiger partial charge in [-0.25, -0.2) is 4.98 Å². The maximum atomic E-state index is 4.27. The van der Waals surface area contributed by atoms with E-state index < -0.39 is 0 Å². The first-order valence-corrected chi connectivity index (χ1v) is 4.58. The van der Waals surface area contributed by atoms with Crippen LogP contribution >= 0.6 is 11.5 Å². The number of nitrogens with one attached hydrogen (secondary N) is 1. The van der Waals surface area contributed by atoms with Crippen LogP contribution < -0.4 is 5.32 Å². The van der Waals surface area contributed by atoms with Crippen molar-refractivity contribution in [2.24, 2.45) is 0 Å². The summed E-state index contributed by atoms with van der Waals surface area (Å²) in [6.45, 7) is 6.24. The molecule has 0 saturated carbocycles. The van der Waals surface area contributed by atoms with Crippen LogP contribution in [0.25, 0.3) is 0 Å². The van der Waals surface area contributed by atoms with Crippen LogP contribution in [0.4, 0.5) is 5.13 Å². The molecule has 0 bridgehead atoms.